The second kappa shape index (κ2) is 5.82. The number of hydrogen-bond donors (Lipinski definition) is 2. The largest absolute Gasteiger partial charge is 0.352 e. The van der Waals surface area contributed by atoms with Crippen LogP contribution in [-0.4, -0.2) is 19.0 Å². The molecule has 3 nitrogen and oxygen atoms in total. The highest BCUT2D eigenvalue weighted by molar-refractivity contribution is 5.94. The lowest BCUT2D eigenvalue weighted by molar-refractivity contribution is 0.0952. The first-order valence-electron chi connectivity index (χ1n) is 6.37. The van der Waals surface area contributed by atoms with Crippen LogP contribution in [0.5, 0.6) is 0 Å². The van der Waals surface area contributed by atoms with Gasteiger partial charge in [-0.25, -0.2) is 0 Å². The Kier molecular flexibility index (Phi) is 4.15. The van der Waals surface area contributed by atoms with E-state index in [1.807, 2.05) is 24.3 Å². The fourth-order valence-corrected chi connectivity index (χ4v) is 1.93. The van der Waals surface area contributed by atoms with Crippen LogP contribution in [0.15, 0.2) is 24.3 Å². The predicted molar refractivity (Wildman–Crippen MR) is 68.9 cm³/mol. The van der Waals surface area contributed by atoms with Crippen molar-refractivity contribution in [1.82, 2.24) is 5.32 Å². The van der Waals surface area contributed by atoms with Crippen LogP contribution in [0.2, 0.25) is 0 Å². The summed E-state index contributed by atoms with van der Waals surface area (Å²) in [6, 6.07) is 7.71. The fraction of sp³-hybridized carbons (Fsp3) is 0.500. The van der Waals surface area contributed by atoms with Crippen molar-refractivity contribution < 1.29 is 4.79 Å². The summed E-state index contributed by atoms with van der Waals surface area (Å²) in [5.41, 5.74) is 7.38. The van der Waals surface area contributed by atoms with E-state index in [0.717, 1.165) is 36.4 Å². The van der Waals surface area contributed by atoms with Gasteiger partial charge in [0.25, 0.3) is 5.91 Å². The molecule has 0 bridgehead atoms. The summed E-state index contributed by atoms with van der Waals surface area (Å²) in [5.74, 6) is 0.892. The van der Waals surface area contributed by atoms with Crippen molar-refractivity contribution in [2.45, 2.75) is 25.7 Å². The van der Waals surface area contributed by atoms with Gasteiger partial charge in [-0.05, 0) is 43.0 Å². The summed E-state index contributed by atoms with van der Waals surface area (Å²) in [6.45, 7) is 1.41. The van der Waals surface area contributed by atoms with Gasteiger partial charge in [0.15, 0.2) is 0 Å². The van der Waals surface area contributed by atoms with Gasteiger partial charge < -0.3 is 11.1 Å². The molecule has 92 valence electrons. The molecule has 0 saturated heterocycles. The number of amides is 1. The topological polar surface area (TPSA) is 55.1 Å². The van der Waals surface area contributed by atoms with Crippen LogP contribution in [0.25, 0.3) is 0 Å². The first kappa shape index (κ1) is 12.1. The molecule has 1 saturated carbocycles. The summed E-state index contributed by atoms with van der Waals surface area (Å²) in [6.07, 6.45) is 4.61. The predicted octanol–water partition coefficient (Wildman–Crippen LogP) is 1.72. The van der Waals surface area contributed by atoms with E-state index in [1.165, 1.54) is 12.8 Å². The maximum Gasteiger partial charge on any atom is 0.251 e. The minimum absolute atomic E-state index is 0.0320. The highest BCUT2D eigenvalue weighted by atomic mass is 16.1. The first-order valence-corrected chi connectivity index (χ1v) is 6.37. The van der Waals surface area contributed by atoms with Gasteiger partial charge in [0.05, 0.1) is 0 Å². The molecule has 0 unspecified atom stereocenters. The Hall–Kier alpha value is -1.35. The molecule has 0 atom stereocenters. The zero-order valence-electron chi connectivity index (χ0n) is 10.1. The van der Waals surface area contributed by atoms with Crippen molar-refractivity contribution in [3.05, 3.63) is 35.4 Å². The van der Waals surface area contributed by atoms with Gasteiger partial charge in [-0.1, -0.05) is 25.0 Å². The molecule has 0 spiro atoms. The Morgan fingerprint density at radius 1 is 1.41 bits per heavy atom. The lowest BCUT2D eigenvalue weighted by Crippen LogP contribution is -2.24. The van der Waals surface area contributed by atoms with Crippen LogP contribution in [0.3, 0.4) is 0 Å². The first-order chi connectivity index (χ1) is 8.29. The number of nitrogens with two attached hydrogens (primary N) is 1. The summed E-state index contributed by atoms with van der Waals surface area (Å²) in [4.78, 5) is 11.9. The quantitative estimate of drug-likeness (QED) is 0.784. The van der Waals surface area contributed by atoms with Gasteiger partial charge in [0.2, 0.25) is 0 Å². The third-order valence-corrected chi connectivity index (χ3v) is 3.16. The molecule has 1 aromatic carbocycles. The molecule has 0 aliphatic heterocycles. The van der Waals surface area contributed by atoms with E-state index in [9.17, 15) is 4.79 Å². The number of hydrogen-bond acceptors (Lipinski definition) is 2. The van der Waals surface area contributed by atoms with E-state index >= 15 is 0 Å². The third kappa shape index (κ3) is 3.86. The molecule has 0 radical (unpaired) electrons. The molecule has 3 N–H and O–H groups in total. The molecule has 1 aliphatic carbocycles. The minimum atomic E-state index is 0.0320. The molecule has 0 heterocycles. The summed E-state index contributed by atoms with van der Waals surface area (Å²) in [7, 11) is 0. The van der Waals surface area contributed by atoms with Gasteiger partial charge in [-0.15, -0.1) is 0 Å². The zero-order valence-corrected chi connectivity index (χ0v) is 10.1. The van der Waals surface area contributed by atoms with Crippen LogP contribution in [0.1, 0.15) is 35.2 Å². The number of carbonyl (C=O) groups excluding carboxylic acids is 1. The van der Waals surface area contributed by atoms with Crippen LogP contribution >= 0.6 is 0 Å². The molecule has 3 heteroatoms. The summed E-state index contributed by atoms with van der Waals surface area (Å²) in [5, 5.41) is 2.97. The van der Waals surface area contributed by atoms with E-state index in [2.05, 4.69) is 5.32 Å². The molecular weight excluding hydrogens is 212 g/mol. The third-order valence-electron chi connectivity index (χ3n) is 3.16. The molecule has 1 fully saturated rings. The van der Waals surface area contributed by atoms with E-state index < -0.39 is 0 Å². The van der Waals surface area contributed by atoms with Crippen molar-refractivity contribution in [3.63, 3.8) is 0 Å². The van der Waals surface area contributed by atoms with Crippen molar-refractivity contribution in [2.75, 3.05) is 13.1 Å². The molecular formula is C14H20N2O. The molecule has 1 aromatic rings. The summed E-state index contributed by atoms with van der Waals surface area (Å²) >= 11 is 0. The van der Waals surface area contributed by atoms with Crippen LogP contribution < -0.4 is 11.1 Å². The Morgan fingerprint density at radius 2 is 2.24 bits per heavy atom. The SMILES string of the molecule is NCCc1cccc(C(=O)NCCC2CC2)c1. The second-order valence-corrected chi connectivity index (χ2v) is 4.73. The van der Waals surface area contributed by atoms with Crippen molar-refractivity contribution in [3.8, 4) is 0 Å². The van der Waals surface area contributed by atoms with E-state index in [-0.39, 0.29) is 5.91 Å². The van der Waals surface area contributed by atoms with Crippen LogP contribution in [0, 0.1) is 5.92 Å². The average molecular weight is 232 g/mol. The normalized spacial score (nSPS) is 14.6. The molecule has 2 rings (SSSR count). The van der Waals surface area contributed by atoms with Crippen LogP contribution in [-0.2, 0) is 6.42 Å². The van der Waals surface area contributed by atoms with E-state index in [1.54, 1.807) is 0 Å². The number of rotatable bonds is 6. The lowest BCUT2D eigenvalue weighted by Gasteiger charge is -2.06. The molecule has 1 amide bonds. The van der Waals surface area contributed by atoms with E-state index in [0.29, 0.717) is 6.54 Å². The van der Waals surface area contributed by atoms with Crippen molar-refractivity contribution in [2.24, 2.45) is 11.7 Å². The maximum atomic E-state index is 11.9. The number of carbonyl (C=O) groups is 1. The number of nitrogens with one attached hydrogen (secondary N) is 1. The smallest absolute Gasteiger partial charge is 0.251 e. The Bertz CT molecular complexity index is 386. The van der Waals surface area contributed by atoms with Crippen molar-refractivity contribution >= 4 is 5.91 Å². The van der Waals surface area contributed by atoms with Gasteiger partial charge in [-0.2, -0.15) is 0 Å². The van der Waals surface area contributed by atoms with Crippen LogP contribution in [0.4, 0.5) is 0 Å². The molecule has 0 aromatic heterocycles. The van der Waals surface area contributed by atoms with Gasteiger partial charge in [0, 0.05) is 12.1 Å². The average Bonchev–Trinajstić information content (AvgIpc) is 3.14. The monoisotopic (exact) mass is 232 g/mol. The Balaban J connectivity index is 1.85. The zero-order chi connectivity index (χ0) is 12.1. The van der Waals surface area contributed by atoms with E-state index in [4.69, 9.17) is 5.73 Å². The second-order valence-electron chi connectivity index (χ2n) is 4.73. The summed E-state index contributed by atoms with van der Waals surface area (Å²) < 4.78 is 0. The highest BCUT2D eigenvalue weighted by Gasteiger charge is 2.20. The fourth-order valence-electron chi connectivity index (χ4n) is 1.93. The number of benzene rings is 1. The minimum Gasteiger partial charge on any atom is -0.352 e. The highest BCUT2D eigenvalue weighted by Crippen LogP contribution is 2.31. The Labute approximate surface area is 102 Å². The lowest BCUT2D eigenvalue weighted by atomic mass is 10.1. The molecule has 17 heavy (non-hydrogen) atoms. The van der Waals surface area contributed by atoms with Gasteiger partial charge >= 0.3 is 0 Å². The maximum absolute atomic E-state index is 11.9. The Morgan fingerprint density at radius 3 is 2.94 bits per heavy atom. The standard InChI is InChI=1S/C14H20N2O/c15-8-6-12-2-1-3-13(10-12)14(17)16-9-7-11-4-5-11/h1-3,10-11H,4-9,15H2,(H,16,17). The molecule has 1 aliphatic rings. The van der Waals surface area contributed by atoms with Crippen molar-refractivity contribution in [1.29, 1.82) is 0 Å². The van der Waals surface area contributed by atoms with Gasteiger partial charge in [-0.3, -0.25) is 4.79 Å². The van der Waals surface area contributed by atoms with Gasteiger partial charge in [0.1, 0.15) is 0 Å².